The van der Waals surface area contributed by atoms with Crippen molar-refractivity contribution in [2.45, 2.75) is 0 Å². The van der Waals surface area contributed by atoms with Gasteiger partial charge in [-0.2, -0.15) is 50.4 Å². The minimum Gasteiger partial charge on any atom is -0.197 e. The van der Waals surface area contributed by atoms with Crippen LogP contribution in [0.2, 0.25) is 0 Å². The van der Waals surface area contributed by atoms with Crippen LogP contribution in [0.4, 0.5) is 0 Å². The summed E-state index contributed by atoms with van der Waals surface area (Å²) in [5, 5.41) is 0. The quantitative estimate of drug-likeness (QED) is 0.570. The fourth-order valence-electron chi connectivity index (χ4n) is 0. The summed E-state index contributed by atoms with van der Waals surface area (Å²) in [4.78, 5) is 0. The molecule has 0 aliphatic heterocycles. The molecule has 1 atom stereocenters. The average Bonchev–Trinajstić information content (AvgIpc) is 0. The Labute approximate surface area is 87.2 Å². The molecular formula is H12Cl3PS3. The maximum atomic E-state index is 0. The first kappa shape index (κ1) is 118. The average molecular weight is 246 g/mol. The SMILES string of the molecule is Cl.Cl.Cl.P.S.S.S. The van der Waals surface area contributed by atoms with E-state index in [0.717, 1.165) is 0 Å². The normalized spacial score (nSPS) is 0. The van der Waals surface area contributed by atoms with E-state index in [4.69, 9.17) is 0 Å². The Morgan fingerprint density at radius 3 is 0.429 bits per heavy atom. The number of hydrogen-bond acceptors (Lipinski definition) is 0. The third-order valence-electron chi connectivity index (χ3n) is 0. The monoisotopic (exact) mass is 244 g/mol. The Morgan fingerprint density at radius 1 is 0.429 bits per heavy atom. The topological polar surface area (TPSA) is 0 Å². The van der Waals surface area contributed by atoms with Crippen molar-refractivity contribution in [2.75, 3.05) is 0 Å². The molecule has 7 heavy (non-hydrogen) atoms. The van der Waals surface area contributed by atoms with Crippen molar-refractivity contribution < 1.29 is 0 Å². The predicted molar refractivity (Wildman–Crippen MR) is 64.0 cm³/mol. The highest BCUT2D eigenvalue weighted by Gasteiger charge is -0.144. The Kier molecular flexibility index (Phi) is 1380. The fourth-order valence-corrected chi connectivity index (χ4v) is 0. The zero-order valence-electron chi connectivity index (χ0n) is 3.43. The highest BCUT2D eigenvalue weighted by Crippen LogP contribution is 0.861. The van der Waals surface area contributed by atoms with Crippen LogP contribution in [0.25, 0.3) is 0 Å². The molecule has 0 aromatic rings. The molecule has 0 rings (SSSR count). The molecule has 0 N–H and O–H groups in total. The van der Waals surface area contributed by atoms with Crippen LogP contribution in [-0.4, -0.2) is 0 Å². The zero-order chi connectivity index (χ0) is 0. The summed E-state index contributed by atoms with van der Waals surface area (Å²) in [7, 11) is 0. The first-order chi connectivity index (χ1) is 0. The van der Waals surface area contributed by atoms with Gasteiger partial charge in [-0.15, -0.1) is 37.2 Å². The first-order valence-corrected chi connectivity index (χ1v) is 0. The Bertz CT molecular complexity index is 10.1. The molecule has 0 amide bonds. The summed E-state index contributed by atoms with van der Waals surface area (Å²) in [6, 6.07) is 0. The van der Waals surface area contributed by atoms with Crippen LogP contribution >= 0.6 is 87.6 Å². The van der Waals surface area contributed by atoms with E-state index in [2.05, 4.69) is 0 Å². The van der Waals surface area contributed by atoms with E-state index in [1.54, 1.807) is 0 Å². The summed E-state index contributed by atoms with van der Waals surface area (Å²) in [6.45, 7) is 0. The summed E-state index contributed by atoms with van der Waals surface area (Å²) in [5.74, 6) is 0. The van der Waals surface area contributed by atoms with E-state index in [-0.39, 0.29) is 87.6 Å². The molecule has 0 heterocycles. The largest absolute Gasteiger partial charge is 0.197 e. The highest BCUT2D eigenvalue weighted by atomic mass is 35.5. The van der Waals surface area contributed by atoms with Crippen LogP contribution in [0.5, 0.6) is 0 Å². The van der Waals surface area contributed by atoms with Crippen molar-refractivity contribution in [2.24, 2.45) is 0 Å². The molecule has 0 nitrogen and oxygen atoms in total. The van der Waals surface area contributed by atoms with Gasteiger partial charge in [-0.05, 0) is 0 Å². The van der Waals surface area contributed by atoms with Gasteiger partial charge < -0.3 is 0 Å². The maximum absolute atomic E-state index is 0. The second-order valence-electron chi connectivity index (χ2n) is 0. The summed E-state index contributed by atoms with van der Waals surface area (Å²) < 4.78 is 0. The van der Waals surface area contributed by atoms with Gasteiger partial charge in [-0.25, -0.2) is 0 Å². The molecular weight excluding hydrogens is 234 g/mol. The van der Waals surface area contributed by atoms with Crippen molar-refractivity contribution in [3.63, 3.8) is 0 Å². The lowest BCUT2D eigenvalue weighted by molar-refractivity contribution is 5.85. The zero-order valence-corrected chi connectivity index (χ0v) is 10.3. The van der Waals surface area contributed by atoms with Crippen molar-refractivity contribution in [1.29, 1.82) is 0 Å². The van der Waals surface area contributed by atoms with E-state index < -0.39 is 0 Å². The van der Waals surface area contributed by atoms with Gasteiger partial charge in [0.1, 0.15) is 0 Å². The molecule has 0 aliphatic rings. The third kappa shape index (κ3) is 61.0. The standard InChI is InChI=1S/3ClH.H3P.3H2S/h3*1H;1H3;3*1H2. The molecule has 7 heteroatoms. The van der Waals surface area contributed by atoms with Gasteiger partial charge in [0.2, 0.25) is 0 Å². The lowest BCUT2D eigenvalue weighted by Crippen LogP contribution is 0.647. The van der Waals surface area contributed by atoms with Crippen molar-refractivity contribution in [3.8, 4) is 0 Å². The van der Waals surface area contributed by atoms with E-state index in [1.807, 2.05) is 0 Å². The molecule has 0 aliphatic carbocycles. The Hall–Kier alpha value is 2.35. The summed E-state index contributed by atoms with van der Waals surface area (Å²) in [5.41, 5.74) is 0. The second-order valence-corrected chi connectivity index (χ2v) is 0. The van der Waals surface area contributed by atoms with Gasteiger partial charge in [0.05, 0.1) is 0 Å². The van der Waals surface area contributed by atoms with Crippen LogP contribution in [0.1, 0.15) is 0 Å². The lowest BCUT2D eigenvalue weighted by Gasteiger charge is -0.198. The highest BCUT2D eigenvalue weighted by molar-refractivity contribution is 7.59. The minimum absolute atomic E-state index is 0. The Morgan fingerprint density at radius 2 is 0.429 bits per heavy atom. The molecule has 0 saturated heterocycles. The van der Waals surface area contributed by atoms with E-state index in [9.17, 15) is 0 Å². The third-order valence-corrected chi connectivity index (χ3v) is 0. The van der Waals surface area contributed by atoms with Gasteiger partial charge in [0.25, 0.3) is 0 Å². The van der Waals surface area contributed by atoms with Crippen LogP contribution in [-0.2, 0) is 0 Å². The van der Waals surface area contributed by atoms with Crippen LogP contribution in [0.3, 0.4) is 0 Å². The molecule has 1 unspecified atom stereocenters. The number of hydrogen-bond donors (Lipinski definition) is 0. The van der Waals surface area contributed by atoms with Crippen LogP contribution in [0, 0.1) is 0 Å². The predicted octanol–water partition coefficient (Wildman–Crippen LogP) is 1.66. The smallest absolute Gasteiger partial charge is 0.147 e. The molecule has 56 valence electrons. The molecule has 0 bridgehead atoms. The minimum atomic E-state index is 0. The summed E-state index contributed by atoms with van der Waals surface area (Å²) >= 11 is 0. The number of rotatable bonds is 0. The van der Waals surface area contributed by atoms with Crippen molar-refractivity contribution in [3.05, 3.63) is 0 Å². The molecule has 0 aromatic heterocycles. The fraction of sp³-hybridized carbons (Fsp3) is 0. The second kappa shape index (κ2) is 81.7. The first-order valence-electron chi connectivity index (χ1n) is 0. The van der Waals surface area contributed by atoms with Gasteiger partial charge in [-0.3, -0.25) is 0 Å². The Balaban J connectivity index is 0. The van der Waals surface area contributed by atoms with Gasteiger partial charge in [0.15, 0.2) is 0 Å². The molecule has 0 saturated carbocycles. The molecule has 0 aromatic carbocycles. The summed E-state index contributed by atoms with van der Waals surface area (Å²) in [6.07, 6.45) is 0. The van der Waals surface area contributed by atoms with E-state index in [0.29, 0.717) is 0 Å². The molecule has 0 fully saturated rings. The van der Waals surface area contributed by atoms with Gasteiger partial charge in [-0.1, -0.05) is 0 Å². The number of halogens is 3. The van der Waals surface area contributed by atoms with Crippen LogP contribution < -0.4 is 0 Å². The molecule has 0 spiro atoms. The maximum Gasteiger partial charge on any atom is -0.147 e. The molecule has 0 radical (unpaired) electrons. The van der Waals surface area contributed by atoms with E-state index in [1.165, 1.54) is 0 Å². The van der Waals surface area contributed by atoms with Crippen molar-refractivity contribution in [1.82, 2.24) is 0 Å². The van der Waals surface area contributed by atoms with Gasteiger partial charge in [0, 0.05) is 0 Å². The van der Waals surface area contributed by atoms with Crippen LogP contribution in [0.15, 0.2) is 0 Å². The van der Waals surface area contributed by atoms with E-state index >= 15 is 0 Å². The lowest BCUT2D eigenvalue weighted by atomic mass is 31.0. The van der Waals surface area contributed by atoms with Gasteiger partial charge >= 0.3 is 0 Å². The van der Waals surface area contributed by atoms with Crippen molar-refractivity contribution >= 4 is 87.6 Å².